The summed E-state index contributed by atoms with van der Waals surface area (Å²) in [5, 5.41) is 8.08. The molecule has 72 valence electrons. The number of nitrogens with zero attached hydrogens (tertiary/aromatic N) is 5. The van der Waals surface area contributed by atoms with E-state index in [9.17, 15) is 0 Å². The van der Waals surface area contributed by atoms with Gasteiger partial charge in [-0.2, -0.15) is 0 Å². The quantitative estimate of drug-likeness (QED) is 0.588. The first-order valence-electron chi connectivity index (χ1n) is 4.52. The Labute approximate surface area is 85.5 Å². The van der Waals surface area contributed by atoms with E-state index in [2.05, 4.69) is 20.2 Å². The number of fused-ring (bicyclic) bond motifs is 1. The average Bonchev–Trinajstić information content (AvgIpc) is 2.74. The molecule has 0 aliphatic rings. The molecule has 5 nitrogen and oxygen atoms in total. The summed E-state index contributed by atoms with van der Waals surface area (Å²) in [5.74, 6) is 1.24. The smallest absolute Gasteiger partial charge is 0.206 e. The maximum Gasteiger partial charge on any atom is 0.206 e. The first-order valence-corrected chi connectivity index (χ1v) is 4.52. The van der Waals surface area contributed by atoms with Crippen LogP contribution in [0.4, 0.5) is 0 Å². The molecule has 0 aliphatic carbocycles. The summed E-state index contributed by atoms with van der Waals surface area (Å²) in [6.45, 7) is 0. The molecule has 0 N–H and O–H groups in total. The Bertz CT molecular complexity index is 587. The van der Waals surface area contributed by atoms with Gasteiger partial charge in [0.05, 0.1) is 0 Å². The first kappa shape index (κ1) is 8.05. The topological polar surface area (TPSA) is 56.0 Å². The number of pyridine rings is 1. The molecule has 0 amide bonds. The summed E-state index contributed by atoms with van der Waals surface area (Å²) >= 11 is 0. The third kappa shape index (κ3) is 1.25. The van der Waals surface area contributed by atoms with Gasteiger partial charge in [-0.25, -0.2) is 9.97 Å². The second-order valence-corrected chi connectivity index (χ2v) is 3.02. The van der Waals surface area contributed by atoms with E-state index < -0.39 is 0 Å². The Morgan fingerprint density at radius 1 is 0.933 bits per heavy atom. The number of hydrogen-bond donors (Lipinski definition) is 0. The lowest BCUT2D eigenvalue weighted by molar-refractivity contribution is 1.05. The average molecular weight is 197 g/mol. The molecule has 0 radical (unpaired) electrons. The van der Waals surface area contributed by atoms with E-state index in [0.29, 0.717) is 11.6 Å². The molecule has 3 aromatic heterocycles. The van der Waals surface area contributed by atoms with E-state index in [1.807, 2.05) is 28.8 Å². The summed E-state index contributed by atoms with van der Waals surface area (Å²) in [5.41, 5.74) is 0.792. The van der Waals surface area contributed by atoms with Crippen molar-refractivity contribution in [2.75, 3.05) is 0 Å². The van der Waals surface area contributed by atoms with Gasteiger partial charge in [0.15, 0.2) is 11.5 Å². The van der Waals surface area contributed by atoms with E-state index in [-0.39, 0.29) is 0 Å². The standard InChI is InChI=1S/C10H7N5/c1-2-7-15-8(4-1)13-14-10(15)9-11-5-3-6-12-9/h1-7H. The van der Waals surface area contributed by atoms with Crippen LogP contribution in [0.25, 0.3) is 17.3 Å². The largest absolute Gasteiger partial charge is 0.280 e. The van der Waals surface area contributed by atoms with Crippen molar-refractivity contribution in [3.63, 3.8) is 0 Å². The van der Waals surface area contributed by atoms with Crippen molar-refractivity contribution in [3.8, 4) is 11.6 Å². The van der Waals surface area contributed by atoms with E-state index in [4.69, 9.17) is 0 Å². The van der Waals surface area contributed by atoms with Gasteiger partial charge < -0.3 is 0 Å². The van der Waals surface area contributed by atoms with Gasteiger partial charge in [-0.3, -0.25) is 4.40 Å². The monoisotopic (exact) mass is 197 g/mol. The molecule has 0 bridgehead atoms. The molecule has 0 atom stereocenters. The molecule has 0 unspecified atom stereocenters. The van der Waals surface area contributed by atoms with E-state index in [1.165, 1.54) is 0 Å². The van der Waals surface area contributed by atoms with Crippen LogP contribution in [0.3, 0.4) is 0 Å². The summed E-state index contributed by atoms with van der Waals surface area (Å²) < 4.78 is 1.86. The Balaban J connectivity index is 2.28. The number of hydrogen-bond acceptors (Lipinski definition) is 4. The van der Waals surface area contributed by atoms with Gasteiger partial charge in [0.25, 0.3) is 0 Å². The van der Waals surface area contributed by atoms with Gasteiger partial charge in [0.2, 0.25) is 5.82 Å². The fraction of sp³-hybridized carbons (Fsp3) is 0. The fourth-order valence-electron chi connectivity index (χ4n) is 1.41. The minimum absolute atomic E-state index is 0.580. The van der Waals surface area contributed by atoms with Crippen LogP contribution >= 0.6 is 0 Å². The van der Waals surface area contributed by atoms with Crippen LogP contribution in [0.15, 0.2) is 42.9 Å². The zero-order valence-corrected chi connectivity index (χ0v) is 7.78. The Morgan fingerprint density at radius 3 is 2.67 bits per heavy atom. The van der Waals surface area contributed by atoms with Crippen molar-refractivity contribution >= 4 is 5.65 Å². The number of aromatic nitrogens is 5. The van der Waals surface area contributed by atoms with Crippen LogP contribution in [0.2, 0.25) is 0 Å². The van der Waals surface area contributed by atoms with Gasteiger partial charge in [0, 0.05) is 18.6 Å². The lowest BCUT2D eigenvalue weighted by Crippen LogP contribution is -1.93. The maximum absolute atomic E-state index is 4.14. The van der Waals surface area contributed by atoms with Crippen molar-refractivity contribution in [2.24, 2.45) is 0 Å². The molecule has 0 saturated heterocycles. The second kappa shape index (κ2) is 3.13. The van der Waals surface area contributed by atoms with Gasteiger partial charge in [-0.05, 0) is 18.2 Å². The predicted octanol–water partition coefficient (Wildman–Crippen LogP) is 1.19. The van der Waals surface area contributed by atoms with Crippen LogP contribution in [-0.4, -0.2) is 24.6 Å². The van der Waals surface area contributed by atoms with Crippen molar-refractivity contribution in [1.82, 2.24) is 24.6 Å². The predicted molar refractivity (Wildman–Crippen MR) is 54.0 cm³/mol. The highest BCUT2D eigenvalue weighted by atomic mass is 15.3. The third-order valence-electron chi connectivity index (χ3n) is 2.08. The Kier molecular flexibility index (Phi) is 1.68. The zero-order chi connectivity index (χ0) is 10.1. The summed E-state index contributed by atoms with van der Waals surface area (Å²) in [4.78, 5) is 8.27. The minimum Gasteiger partial charge on any atom is -0.280 e. The molecule has 0 spiro atoms. The third-order valence-corrected chi connectivity index (χ3v) is 2.08. The summed E-state index contributed by atoms with van der Waals surface area (Å²) in [7, 11) is 0. The van der Waals surface area contributed by atoms with Crippen molar-refractivity contribution in [1.29, 1.82) is 0 Å². The molecule has 3 aromatic rings. The van der Waals surface area contributed by atoms with Crippen molar-refractivity contribution in [3.05, 3.63) is 42.9 Å². The highest BCUT2D eigenvalue weighted by Gasteiger charge is 2.08. The van der Waals surface area contributed by atoms with Crippen LogP contribution in [0, 0.1) is 0 Å². The molecule has 3 rings (SSSR count). The van der Waals surface area contributed by atoms with E-state index in [1.54, 1.807) is 18.5 Å². The maximum atomic E-state index is 4.14. The molecular weight excluding hydrogens is 190 g/mol. The second-order valence-electron chi connectivity index (χ2n) is 3.02. The number of rotatable bonds is 1. The van der Waals surface area contributed by atoms with Gasteiger partial charge in [-0.1, -0.05) is 6.07 Å². The molecule has 0 fully saturated rings. The SMILES string of the molecule is c1cnc(-c2nnc3ccccn23)nc1. The molecular formula is C10H7N5. The Hall–Kier alpha value is -2.30. The van der Waals surface area contributed by atoms with E-state index >= 15 is 0 Å². The normalized spacial score (nSPS) is 10.7. The van der Waals surface area contributed by atoms with Crippen molar-refractivity contribution < 1.29 is 0 Å². The van der Waals surface area contributed by atoms with E-state index in [0.717, 1.165) is 5.65 Å². The van der Waals surface area contributed by atoms with Gasteiger partial charge in [0.1, 0.15) is 0 Å². The minimum atomic E-state index is 0.580. The van der Waals surface area contributed by atoms with Crippen LogP contribution in [0.1, 0.15) is 0 Å². The molecule has 5 heteroatoms. The van der Waals surface area contributed by atoms with Gasteiger partial charge in [-0.15, -0.1) is 10.2 Å². The molecule has 0 aromatic carbocycles. The molecule has 0 saturated carbocycles. The van der Waals surface area contributed by atoms with Crippen LogP contribution < -0.4 is 0 Å². The highest BCUT2D eigenvalue weighted by Crippen LogP contribution is 2.11. The summed E-state index contributed by atoms with van der Waals surface area (Å²) in [6.07, 6.45) is 5.26. The lowest BCUT2D eigenvalue weighted by atomic mass is 10.4. The molecule has 15 heavy (non-hydrogen) atoms. The summed E-state index contributed by atoms with van der Waals surface area (Å²) in [6, 6.07) is 7.49. The lowest BCUT2D eigenvalue weighted by Gasteiger charge is -1.96. The van der Waals surface area contributed by atoms with Crippen LogP contribution in [0.5, 0.6) is 0 Å². The highest BCUT2D eigenvalue weighted by molar-refractivity contribution is 5.51. The first-order chi connectivity index (χ1) is 7.45. The van der Waals surface area contributed by atoms with Crippen molar-refractivity contribution in [2.45, 2.75) is 0 Å². The van der Waals surface area contributed by atoms with Crippen LogP contribution in [-0.2, 0) is 0 Å². The molecule has 0 aliphatic heterocycles. The molecule has 3 heterocycles. The zero-order valence-electron chi connectivity index (χ0n) is 7.78. The fourth-order valence-corrected chi connectivity index (χ4v) is 1.41. The van der Waals surface area contributed by atoms with Gasteiger partial charge >= 0.3 is 0 Å². The Morgan fingerprint density at radius 2 is 1.80 bits per heavy atom.